The Labute approximate surface area is 76.5 Å². The monoisotopic (exact) mass is 177 g/mol. The molecular formula is C10H11NO2. The fourth-order valence-corrected chi connectivity index (χ4v) is 1.46. The highest BCUT2D eigenvalue weighted by molar-refractivity contribution is 5.27. The Morgan fingerprint density at radius 2 is 1.92 bits per heavy atom. The van der Waals surface area contributed by atoms with E-state index in [9.17, 15) is 10.1 Å². The Hall–Kier alpha value is -1.38. The first-order valence-electron chi connectivity index (χ1n) is 4.46. The van der Waals surface area contributed by atoms with Crippen molar-refractivity contribution in [2.75, 3.05) is 0 Å². The second kappa shape index (κ2) is 3.17. The molecule has 0 aromatic heterocycles. The molecule has 0 radical (unpaired) electrons. The molecule has 13 heavy (non-hydrogen) atoms. The quantitative estimate of drug-likeness (QED) is 0.525. The highest BCUT2D eigenvalue weighted by atomic mass is 16.6. The van der Waals surface area contributed by atoms with E-state index >= 15 is 0 Å². The summed E-state index contributed by atoms with van der Waals surface area (Å²) in [6.45, 7) is -0.0645. The zero-order chi connectivity index (χ0) is 9.26. The van der Waals surface area contributed by atoms with Gasteiger partial charge in [-0.15, -0.1) is 0 Å². The van der Waals surface area contributed by atoms with Crippen LogP contribution in [0.5, 0.6) is 0 Å². The van der Waals surface area contributed by atoms with Crippen molar-refractivity contribution in [3.8, 4) is 0 Å². The van der Waals surface area contributed by atoms with E-state index in [-0.39, 0.29) is 11.5 Å². The van der Waals surface area contributed by atoms with Crippen LogP contribution in [-0.4, -0.2) is 4.92 Å². The molecule has 0 amide bonds. The SMILES string of the molecule is O=[N+]([O-])Cc1ccc(C2CC2)cc1. The maximum atomic E-state index is 10.2. The summed E-state index contributed by atoms with van der Waals surface area (Å²) in [4.78, 5) is 9.91. The summed E-state index contributed by atoms with van der Waals surface area (Å²) < 4.78 is 0. The Morgan fingerprint density at radius 3 is 2.38 bits per heavy atom. The Morgan fingerprint density at radius 1 is 1.31 bits per heavy atom. The molecule has 3 nitrogen and oxygen atoms in total. The zero-order valence-electron chi connectivity index (χ0n) is 7.27. The van der Waals surface area contributed by atoms with Gasteiger partial charge in [0.25, 0.3) is 0 Å². The van der Waals surface area contributed by atoms with Crippen molar-refractivity contribution in [1.29, 1.82) is 0 Å². The number of hydrogen-bond acceptors (Lipinski definition) is 2. The van der Waals surface area contributed by atoms with Crippen LogP contribution in [0.1, 0.15) is 29.9 Å². The molecule has 0 aliphatic heterocycles. The third kappa shape index (κ3) is 2.05. The summed E-state index contributed by atoms with van der Waals surface area (Å²) >= 11 is 0. The summed E-state index contributed by atoms with van der Waals surface area (Å²) in [6.07, 6.45) is 2.54. The molecule has 0 unspecified atom stereocenters. The van der Waals surface area contributed by atoms with Gasteiger partial charge in [0.1, 0.15) is 0 Å². The number of hydrogen-bond donors (Lipinski definition) is 0. The van der Waals surface area contributed by atoms with Crippen LogP contribution in [0.3, 0.4) is 0 Å². The van der Waals surface area contributed by atoms with E-state index in [1.807, 2.05) is 24.3 Å². The van der Waals surface area contributed by atoms with Crippen LogP contribution in [0.2, 0.25) is 0 Å². The smallest absolute Gasteiger partial charge is 0.228 e. The number of rotatable bonds is 3. The zero-order valence-corrected chi connectivity index (χ0v) is 7.27. The van der Waals surface area contributed by atoms with E-state index in [0.717, 1.165) is 11.5 Å². The van der Waals surface area contributed by atoms with Crippen molar-refractivity contribution >= 4 is 0 Å². The van der Waals surface area contributed by atoms with Crippen LogP contribution in [-0.2, 0) is 6.54 Å². The predicted octanol–water partition coefficient (Wildman–Crippen LogP) is 2.34. The van der Waals surface area contributed by atoms with Gasteiger partial charge in [0.05, 0.1) is 0 Å². The fraction of sp³-hybridized carbons (Fsp3) is 0.400. The molecule has 0 atom stereocenters. The summed E-state index contributed by atoms with van der Waals surface area (Å²) in [5.74, 6) is 0.727. The summed E-state index contributed by atoms with van der Waals surface area (Å²) in [5.41, 5.74) is 2.11. The molecular weight excluding hydrogens is 166 g/mol. The van der Waals surface area contributed by atoms with Crippen LogP contribution >= 0.6 is 0 Å². The normalized spacial score (nSPS) is 15.7. The molecule has 1 aromatic carbocycles. The molecule has 0 spiro atoms. The van der Waals surface area contributed by atoms with Gasteiger partial charge in [0, 0.05) is 10.5 Å². The highest BCUT2D eigenvalue weighted by Gasteiger charge is 2.22. The van der Waals surface area contributed by atoms with Gasteiger partial charge in [0.15, 0.2) is 0 Å². The van der Waals surface area contributed by atoms with E-state index in [1.54, 1.807) is 0 Å². The number of nitrogens with zero attached hydrogens (tertiary/aromatic N) is 1. The first kappa shape index (κ1) is 8.23. The van der Waals surface area contributed by atoms with Gasteiger partial charge in [-0.2, -0.15) is 0 Å². The minimum Gasteiger partial charge on any atom is -0.264 e. The predicted molar refractivity (Wildman–Crippen MR) is 49.1 cm³/mol. The first-order chi connectivity index (χ1) is 6.25. The Kier molecular flexibility index (Phi) is 2.00. The van der Waals surface area contributed by atoms with Gasteiger partial charge < -0.3 is 0 Å². The maximum Gasteiger partial charge on any atom is 0.228 e. The minimum atomic E-state index is -0.299. The van der Waals surface area contributed by atoms with E-state index in [2.05, 4.69) is 0 Å². The fourth-order valence-electron chi connectivity index (χ4n) is 1.46. The van der Waals surface area contributed by atoms with Gasteiger partial charge >= 0.3 is 0 Å². The molecule has 0 bridgehead atoms. The molecule has 1 saturated carbocycles. The van der Waals surface area contributed by atoms with Gasteiger partial charge in [0.2, 0.25) is 6.54 Å². The van der Waals surface area contributed by atoms with Crippen molar-refractivity contribution in [3.63, 3.8) is 0 Å². The lowest BCUT2D eigenvalue weighted by Crippen LogP contribution is -1.97. The standard InChI is InChI=1S/C10H11NO2/c12-11(13)7-8-1-3-9(4-2-8)10-5-6-10/h1-4,10H,5-7H2. The van der Waals surface area contributed by atoms with Crippen molar-refractivity contribution < 1.29 is 4.92 Å². The molecule has 1 aliphatic carbocycles. The topological polar surface area (TPSA) is 43.1 Å². The lowest BCUT2D eigenvalue weighted by Gasteiger charge is -1.98. The number of benzene rings is 1. The molecule has 68 valence electrons. The van der Waals surface area contributed by atoms with Crippen molar-refractivity contribution in [2.24, 2.45) is 0 Å². The molecule has 1 aromatic rings. The van der Waals surface area contributed by atoms with E-state index < -0.39 is 0 Å². The van der Waals surface area contributed by atoms with Gasteiger partial charge in [-0.1, -0.05) is 24.3 Å². The second-order valence-corrected chi connectivity index (χ2v) is 3.51. The molecule has 1 fully saturated rings. The van der Waals surface area contributed by atoms with Crippen LogP contribution in [0.15, 0.2) is 24.3 Å². The lowest BCUT2D eigenvalue weighted by molar-refractivity contribution is -0.496. The van der Waals surface area contributed by atoms with Crippen molar-refractivity contribution in [2.45, 2.75) is 25.3 Å². The molecule has 0 heterocycles. The summed E-state index contributed by atoms with van der Waals surface area (Å²) in [6, 6.07) is 7.74. The lowest BCUT2D eigenvalue weighted by atomic mass is 10.1. The molecule has 0 N–H and O–H groups in total. The van der Waals surface area contributed by atoms with Crippen LogP contribution in [0.4, 0.5) is 0 Å². The van der Waals surface area contributed by atoms with E-state index in [4.69, 9.17) is 0 Å². The average Bonchev–Trinajstić information content (AvgIpc) is 2.87. The third-order valence-corrected chi connectivity index (χ3v) is 2.34. The molecule has 2 rings (SSSR count). The van der Waals surface area contributed by atoms with Gasteiger partial charge in [-0.3, -0.25) is 10.1 Å². The Bertz CT molecular complexity index is 314. The summed E-state index contributed by atoms with van der Waals surface area (Å²) in [7, 11) is 0. The van der Waals surface area contributed by atoms with E-state index in [0.29, 0.717) is 0 Å². The van der Waals surface area contributed by atoms with Crippen LogP contribution in [0.25, 0.3) is 0 Å². The average molecular weight is 177 g/mol. The molecule has 3 heteroatoms. The van der Waals surface area contributed by atoms with Gasteiger partial charge in [-0.05, 0) is 24.3 Å². The third-order valence-electron chi connectivity index (χ3n) is 2.34. The maximum absolute atomic E-state index is 10.2. The van der Waals surface area contributed by atoms with Gasteiger partial charge in [-0.25, -0.2) is 0 Å². The largest absolute Gasteiger partial charge is 0.264 e. The summed E-state index contributed by atoms with van der Waals surface area (Å²) in [5, 5.41) is 10.2. The second-order valence-electron chi connectivity index (χ2n) is 3.51. The van der Waals surface area contributed by atoms with Crippen molar-refractivity contribution in [1.82, 2.24) is 0 Å². The van der Waals surface area contributed by atoms with Crippen LogP contribution < -0.4 is 0 Å². The van der Waals surface area contributed by atoms with Crippen LogP contribution in [0, 0.1) is 10.1 Å². The Balaban J connectivity index is 2.08. The highest BCUT2D eigenvalue weighted by Crippen LogP contribution is 2.39. The first-order valence-corrected chi connectivity index (χ1v) is 4.46. The molecule has 1 aliphatic rings. The van der Waals surface area contributed by atoms with E-state index in [1.165, 1.54) is 18.4 Å². The molecule has 0 saturated heterocycles. The van der Waals surface area contributed by atoms with Crippen molar-refractivity contribution in [3.05, 3.63) is 45.5 Å². The number of nitro groups is 1. The minimum absolute atomic E-state index is 0.0645.